The van der Waals surface area contributed by atoms with Gasteiger partial charge in [0.25, 0.3) is 5.91 Å². The number of rotatable bonds is 5. The van der Waals surface area contributed by atoms with Gasteiger partial charge in [-0.25, -0.2) is 14.2 Å². The lowest BCUT2D eigenvalue weighted by molar-refractivity contribution is -0.119. The average Bonchev–Trinajstić information content (AvgIpc) is 3.06. The molecule has 2 aromatic rings. The zero-order valence-electron chi connectivity index (χ0n) is 15.9. The molecule has 0 aromatic heterocycles. The van der Waals surface area contributed by atoms with Gasteiger partial charge in [-0.3, -0.25) is 19.7 Å². The zero-order valence-corrected chi connectivity index (χ0v) is 15.9. The average molecular weight is 401 g/mol. The van der Waals surface area contributed by atoms with Crippen molar-refractivity contribution in [1.29, 1.82) is 0 Å². The van der Waals surface area contributed by atoms with E-state index in [4.69, 9.17) is 4.74 Å². The molecule has 2 aromatic carbocycles. The van der Waals surface area contributed by atoms with Crippen molar-refractivity contribution in [1.82, 2.24) is 10.4 Å². The third-order valence-corrected chi connectivity index (χ3v) is 4.45. The summed E-state index contributed by atoms with van der Waals surface area (Å²) in [6, 6.07) is 10.5. The quantitative estimate of drug-likeness (QED) is 0.592. The summed E-state index contributed by atoms with van der Waals surface area (Å²) in [5.74, 6) is -1.35. The second-order valence-corrected chi connectivity index (χ2v) is 6.62. The number of carbonyl (C=O) groups excluding carboxylic acids is 3. The van der Waals surface area contributed by atoms with E-state index in [1.807, 2.05) is 0 Å². The molecule has 0 spiro atoms. The standard InChI is InChI=1S/C20H20FN3O5/c1-12(25)22-10-16-11-24(20(27)29-16)15-7-8-17(18(21)9-15)13-3-5-14(6-4-13)19(26)23(2)28/h3-9,16,28H,10-11H2,1-2H3,(H,22,25)/t16-/m0/s1. The SMILES string of the molecule is CC(=O)NC[C@H]1CN(c2ccc(-c3ccc(C(=O)N(C)O)cc3)c(F)c2)C(=O)O1. The lowest BCUT2D eigenvalue weighted by atomic mass is 10.0. The summed E-state index contributed by atoms with van der Waals surface area (Å²) >= 11 is 0. The van der Waals surface area contributed by atoms with Crippen LogP contribution in [0.25, 0.3) is 11.1 Å². The summed E-state index contributed by atoms with van der Waals surface area (Å²) in [6.45, 7) is 1.75. The molecule has 1 heterocycles. The lowest BCUT2D eigenvalue weighted by Crippen LogP contribution is -2.33. The van der Waals surface area contributed by atoms with Gasteiger partial charge < -0.3 is 10.1 Å². The Balaban J connectivity index is 1.76. The Bertz CT molecular complexity index is 946. The van der Waals surface area contributed by atoms with Crippen LogP contribution >= 0.6 is 0 Å². The largest absolute Gasteiger partial charge is 0.442 e. The Hall–Kier alpha value is -3.46. The number of nitrogens with zero attached hydrogens (tertiary/aromatic N) is 2. The number of amides is 3. The van der Waals surface area contributed by atoms with Crippen molar-refractivity contribution in [3.8, 4) is 11.1 Å². The second-order valence-electron chi connectivity index (χ2n) is 6.62. The highest BCUT2D eigenvalue weighted by molar-refractivity contribution is 5.94. The molecular weight excluding hydrogens is 381 g/mol. The van der Waals surface area contributed by atoms with Crippen LogP contribution in [0, 0.1) is 5.82 Å². The third kappa shape index (κ3) is 4.52. The third-order valence-electron chi connectivity index (χ3n) is 4.45. The van der Waals surface area contributed by atoms with Crippen LogP contribution in [-0.2, 0) is 9.53 Å². The first-order chi connectivity index (χ1) is 13.8. The number of cyclic esters (lactones) is 1. The molecule has 0 saturated carbocycles. The molecule has 3 amide bonds. The molecular formula is C20H20FN3O5. The summed E-state index contributed by atoms with van der Waals surface area (Å²) in [7, 11) is 1.22. The van der Waals surface area contributed by atoms with Crippen LogP contribution < -0.4 is 10.2 Å². The minimum absolute atomic E-state index is 0.187. The number of carbonyl (C=O) groups is 3. The van der Waals surface area contributed by atoms with Crippen molar-refractivity contribution >= 4 is 23.6 Å². The summed E-state index contributed by atoms with van der Waals surface area (Å²) in [5.41, 5.74) is 1.45. The Labute approximate surface area is 166 Å². The molecule has 1 atom stereocenters. The minimum atomic E-state index is -0.608. The first-order valence-corrected chi connectivity index (χ1v) is 8.85. The first kappa shape index (κ1) is 20.3. The van der Waals surface area contributed by atoms with Crippen molar-refractivity contribution in [2.24, 2.45) is 0 Å². The van der Waals surface area contributed by atoms with Crippen LogP contribution in [0.1, 0.15) is 17.3 Å². The topological polar surface area (TPSA) is 99.2 Å². The fourth-order valence-corrected chi connectivity index (χ4v) is 2.98. The van der Waals surface area contributed by atoms with E-state index in [0.717, 1.165) is 0 Å². The Morgan fingerprint density at radius 1 is 1.28 bits per heavy atom. The Morgan fingerprint density at radius 3 is 2.55 bits per heavy atom. The van der Waals surface area contributed by atoms with Crippen molar-refractivity contribution in [2.75, 3.05) is 25.0 Å². The van der Waals surface area contributed by atoms with Gasteiger partial charge in [0.05, 0.1) is 18.8 Å². The van der Waals surface area contributed by atoms with E-state index >= 15 is 0 Å². The summed E-state index contributed by atoms with van der Waals surface area (Å²) in [5, 5.41) is 12.3. The van der Waals surface area contributed by atoms with E-state index in [1.54, 1.807) is 18.2 Å². The van der Waals surface area contributed by atoms with E-state index in [-0.39, 0.29) is 24.6 Å². The fraction of sp³-hybridized carbons (Fsp3) is 0.250. The van der Waals surface area contributed by atoms with Crippen LogP contribution in [0.3, 0.4) is 0 Å². The van der Waals surface area contributed by atoms with E-state index in [2.05, 4.69) is 5.32 Å². The maximum atomic E-state index is 14.7. The molecule has 0 unspecified atom stereocenters. The second kappa shape index (κ2) is 8.27. The maximum Gasteiger partial charge on any atom is 0.414 e. The summed E-state index contributed by atoms with van der Waals surface area (Å²) in [6.07, 6.45) is -1.12. The number of nitrogens with one attached hydrogen (secondary N) is 1. The fourth-order valence-electron chi connectivity index (χ4n) is 2.98. The number of hydrogen-bond acceptors (Lipinski definition) is 5. The highest BCUT2D eigenvalue weighted by Gasteiger charge is 2.32. The molecule has 0 bridgehead atoms. The van der Waals surface area contributed by atoms with Gasteiger partial charge in [0.2, 0.25) is 5.91 Å². The number of anilines is 1. The van der Waals surface area contributed by atoms with Gasteiger partial charge >= 0.3 is 6.09 Å². The highest BCUT2D eigenvalue weighted by atomic mass is 19.1. The van der Waals surface area contributed by atoms with E-state index in [1.165, 1.54) is 43.1 Å². The molecule has 8 nitrogen and oxygen atoms in total. The van der Waals surface area contributed by atoms with E-state index < -0.39 is 23.9 Å². The lowest BCUT2D eigenvalue weighted by Gasteiger charge is -2.15. The van der Waals surface area contributed by atoms with Crippen LogP contribution in [-0.4, -0.2) is 54.4 Å². The van der Waals surface area contributed by atoms with Crippen molar-refractivity contribution in [3.05, 3.63) is 53.8 Å². The number of ether oxygens (including phenoxy) is 1. The van der Waals surface area contributed by atoms with Crippen LogP contribution in [0.15, 0.2) is 42.5 Å². The van der Waals surface area contributed by atoms with Crippen molar-refractivity contribution in [3.63, 3.8) is 0 Å². The van der Waals surface area contributed by atoms with Gasteiger partial charge in [0.1, 0.15) is 11.9 Å². The number of hydrogen-bond donors (Lipinski definition) is 2. The monoisotopic (exact) mass is 401 g/mol. The number of halogens is 1. The van der Waals surface area contributed by atoms with Gasteiger partial charge in [0.15, 0.2) is 0 Å². The highest BCUT2D eigenvalue weighted by Crippen LogP contribution is 2.29. The molecule has 0 aliphatic carbocycles. The number of hydroxylamine groups is 2. The predicted octanol–water partition coefficient (Wildman–Crippen LogP) is 2.42. The van der Waals surface area contributed by atoms with Crippen LogP contribution in [0.2, 0.25) is 0 Å². The smallest absolute Gasteiger partial charge is 0.414 e. The Morgan fingerprint density at radius 2 is 1.97 bits per heavy atom. The molecule has 1 aliphatic rings. The van der Waals surface area contributed by atoms with Crippen molar-refractivity contribution in [2.45, 2.75) is 13.0 Å². The molecule has 1 fully saturated rings. The molecule has 1 saturated heterocycles. The van der Waals surface area contributed by atoms with Gasteiger partial charge in [-0.15, -0.1) is 0 Å². The number of benzene rings is 2. The molecule has 9 heteroatoms. The van der Waals surface area contributed by atoms with Gasteiger partial charge in [-0.05, 0) is 35.9 Å². The van der Waals surface area contributed by atoms with Crippen LogP contribution in [0.4, 0.5) is 14.9 Å². The van der Waals surface area contributed by atoms with Gasteiger partial charge in [0, 0.05) is 25.1 Å². The Kier molecular flexibility index (Phi) is 5.79. The summed E-state index contributed by atoms with van der Waals surface area (Å²) < 4.78 is 19.9. The summed E-state index contributed by atoms with van der Waals surface area (Å²) in [4.78, 5) is 36.1. The van der Waals surface area contributed by atoms with Crippen molar-refractivity contribution < 1.29 is 28.7 Å². The van der Waals surface area contributed by atoms with Gasteiger partial charge in [-0.1, -0.05) is 12.1 Å². The van der Waals surface area contributed by atoms with Gasteiger partial charge in [-0.2, -0.15) is 0 Å². The van der Waals surface area contributed by atoms with E-state index in [0.29, 0.717) is 21.9 Å². The van der Waals surface area contributed by atoms with E-state index in [9.17, 15) is 24.0 Å². The maximum absolute atomic E-state index is 14.7. The minimum Gasteiger partial charge on any atom is -0.442 e. The molecule has 0 radical (unpaired) electrons. The molecule has 29 heavy (non-hydrogen) atoms. The molecule has 2 N–H and O–H groups in total. The predicted molar refractivity (Wildman–Crippen MR) is 102 cm³/mol. The molecule has 1 aliphatic heterocycles. The zero-order chi connectivity index (χ0) is 21.1. The first-order valence-electron chi connectivity index (χ1n) is 8.85. The molecule has 152 valence electrons. The molecule has 3 rings (SSSR count). The van der Waals surface area contributed by atoms with Crippen LogP contribution in [0.5, 0.6) is 0 Å². The normalized spacial score (nSPS) is 15.8.